The van der Waals surface area contributed by atoms with Crippen molar-refractivity contribution in [3.63, 3.8) is 0 Å². The van der Waals surface area contributed by atoms with Crippen LogP contribution in [0.25, 0.3) is 121 Å². The van der Waals surface area contributed by atoms with Crippen LogP contribution < -0.4 is 9.80 Å². The summed E-state index contributed by atoms with van der Waals surface area (Å²) in [6.45, 7) is 0. The molecule has 0 unspecified atom stereocenters. The fourth-order valence-electron chi connectivity index (χ4n) is 12.1. The van der Waals surface area contributed by atoms with Gasteiger partial charge in [-0.05, 0) is 147 Å². The zero-order chi connectivity index (χ0) is 52.0. The van der Waals surface area contributed by atoms with Gasteiger partial charge in [0.2, 0.25) is 0 Å². The molecular weight excluding hydrogens is 965 g/mol. The largest absolute Gasteiger partial charge is 0.456 e. The van der Waals surface area contributed by atoms with E-state index in [1.807, 2.05) is 0 Å². The maximum atomic E-state index is 7.10. The highest BCUT2D eigenvalue weighted by Crippen LogP contribution is 2.47. The summed E-state index contributed by atoms with van der Waals surface area (Å²) in [5, 5.41) is 11.1. The number of anilines is 6. The number of nitrogens with zero attached hydrogens (tertiary/aromatic N) is 2. The lowest BCUT2D eigenvalue weighted by atomic mass is 9.96. The van der Waals surface area contributed by atoms with Gasteiger partial charge in [0, 0.05) is 83.5 Å². The molecule has 0 saturated carbocycles. The Labute approximate surface area is 454 Å². The average molecular weight is 1010 g/mol. The minimum absolute atomic E-state index is 0.806. The van der Waals surface area contributed by atoms with Gasteiger partial charge in [0.15, 0.2) is 0 Å². The number of para-hydroxylation sites is 2. The Morgan fingerprint density at radius 2 is 0.759 bits per heavy atom. The predicted molar refractivity (Wildman–Crippen MR) is 329 cm³/mol. The number of rotatable bonds is 9. The maximum absolute atomic E-state index is 7.10. The van der Waals surface area contributed by atoms with E-state index in [4.69, 9.17) is 13.3 Å². The quantitative estimate of drug-likeness (QED) is 0.144. The number of furan rings is 3. The molecule has 5 nitrogen and oxygen atoms in total. The Morgan fingerprint density at radius 1 is 0.215 bits per heavy atom. The first-order valence-corrected chi connectivity index (χ1v) is 26.8. The molecular formula is C74H46N2O3. The summed E-state index contributed by atoms with van der Waals surface area (Å²) >= 11 is 0. The SMILES string of the molecule is c1ccc(-c2cc(N(c3ccc(-c4cccc5oc6ccc7ccccc7c6c45)cc3)c3cccc(-c4ccc5oc6c7ccccc7ccc6c5c4)c3)cc3c2oc2cc(N(c4ccccc4)c4ccccc4)ccc23)cc1. The first-order chi connectivity index (χ1) is 39.1. The van der Waals surface area contributed by atoms with Crippen LogP contribution in [0.15, 0.2) is 292 Å². The summed E-state index contributed by atoms with van der Waals surface area (Å²) in [6, 6.07) is 99.3. The Kier molecular flexibility index (Phi) is 10.2. The number of hydrogen-bond donors (Lipinski definition) is 0. The normalized spacial score (nSPS) is 11.8. The van der Waals surface area contributed by atoms with E-state index in [9.17, 15) is 0 Å². The van der Waals surface area contributed by atoms with Gasteiger partial charge in [0.1, 0.15) is 33.5 Å². The molecule has 0 aliphatic heterocycles. The van der Waals surface area contributed by atoms with E-state index in [0.717, 1.165) is 144 Å². The molecule has 0 aliphatic carbocycles. The summed E-state index contributed by atoms with van der Waals surface area (Å²) in [7, 11) is 0. The highest BCUT2D eigenvalue weighted by atomic mass is 16.3. The molecule has 0 amide bonds. The van der Waals surface area contributed by atoms with Gasteiger partial charge in [-0.1, -0.05) is 170 Å². The zero-order valence-corrected chi connectivity index (χ0v) is 42.7. The standard InChI is InChI=1S/C74H46N2O3/c1-4-16-47(17-5-1)64-44-58(45-66-62-39-37-57(46-70(62)79-74(64)66)75(53-21-6-2-7-22-53)54-23-8-3-9-24-54)76(55-35-30-50(31-36-55)60-28-15-29-68-71(60)72-59-26-12-10-18-48(59)33-41-69(72)77-68)56-25-14-20-51(42-56)52-34-40-67-65(43-52)63-38-32-49-19-11-13-27-61(49)73(63)78-67/h1-46H. The fourth-order valence-corrected chi connectivity index (χ4v) is 12.1. The molecule has 0 saturated heterocycles. The number of hydrogen-bond acceptors (Lipinski definition) is 5. The van der Waals surface area contributed by atoms with E-state index in [2.05, 4.69) is 289 Å². The molecule has 0 aliphatic rings. The summed E-state index contributed by atoms with van der Waals surface area (Å²) in [5.74, 6) is 0. The van der Waals surface area contributed by atoms with Crippen LogP contribution in [-0.2, 0) is 0 Å². The van der Waals surface area contributed by atoms with Gasteiger partial charge in [-0.15, -0.1) is 0 Å². The van der Waals surface area contributed by atoms with Gasteiger partial charge in [-0.2, -0.15) is 0 Å². The third-order valence-electron chi connectivity index (χ3n) is 15.8. The molecule has 0 N–H and O–H groups in total. The molecule has 3 aromatic heterocycles. The Bertz CT molecular complexity index is 4980. The van der Waals surface area contributed by atoms with E-state index < -0.39 is 0 Å². The lowest BCUT2D eigenvalue weighted by Gasteiger charge is -2.27. The Balaban J connectivity index is 0.887. The van der Waals surface area contributed by atoms with Crippen molar-refractivity contribution in [3.05, 3.63) is 279 Å². The topological polar surface area (TPSA) is 45.9 Å². The molecule has 16 rings (SSSR count). The van der Waals surface area contributed by atoms with Crippen molar-refractivity contribution >= 4 is 121 Å². The third kappa shape index (κ3) is 7.39. The van der Waals surface area contributed by atoms with Crippen molar-refractivity contribution in [1.29, 1.82) is 0 Å². The van der Waals surface area contributed by atoms with Crippen LogP contribution in [0.2, 0.25) is 0 Å². The highest BCUT2D eigenvalue weighted by Gasteiger charge is 2.23. The zero-order valence-electron chi connectivity index (χ0n) is 42.7. The van der Waals surface area contributed by atoms with Crippen LogP contribution in [0.3, 0.4) is 0 Å². The van der Waals surface area contributed by atoms with Gasteiger partial charge in [-0.25, -0.2) is 0 Å². The lowest BCUT2D eigenvalue weighted by molar-refractivity contribution is 0.669. The molecule has 0 spiro atoms. The van der Waals surface area contributed by atoms with Crippen LogP contribution in [0.5, 0.6) is 0 Å². The molecule has 0 fully saturated rings. The molecule has 370 valence electrons. The summed E-state index contributed by atoms with van der Waals surface area (Å²) < 4.78 is 20.2. The lowest BCUT2D eigenvalue weighted by Crippen LogP contribution is -2.10. The molecule has 3 heterocycles. The minimum atomic E-state index is 0.806. The smallest absolute Gasteiger partial charge is 0.143 e. The second-order valence-corrected chi connectivity index (χ2v) is 20.4. The van der Waals surface area contributed by atoms with Crippen molar-refractivity contribution in [2.45, 2.75) is 0 Å². The minimum Gasteiger partial charge on any atom is -0.456 e. The van der Waals surface area contributed by atoms with Crippen molar-refractivity contribution in [1.82, 2.24) is 0 Å². The van der Waals surface area contributed by atoms with Crippen molar-refractivity contribution in [2.24, 2.45) is 0 Å². The fraction of sp³-hybridized carbons (Fsp3) is 0. The van der Waals surface area contributed by atoms with E-state index in [1.165, 1.54) is 10.8 Å². The molecule has 5 heteroatoms. The van der Waals surface area contributed by atoms with Gasteiger partial charge >= 0.3 is 0 Å². The van der Waals surface area contributed by atoms with Crippen molar-refractivity contribution in [3.8, 4) is 33.4 Å². The maximum Gasteiger partial charge on any atom is 0.143 e. The summed E-state index contributed by atoms with van der Waals surface area (Å²) in [6.07, 6.45) is 0. The van der Waals surface area contributed by atoms with Gasteiger partial charge in [-0.3, -0.25) is 0 Å². The molecule has 16 aromatic rings. The van der Waals surface area contributed by atoms with Gasteiger partial charge < -0.3 is 23.1 Å². The van der Waals surface area contributed by atoms with E-state index in [1.54, 1.807) is 0 Å². The van der Waals surface area contributed by atoms with Gasteiger partial charge in [0.25, 0.3) is 0 Å². The van der Waals surface area contributed by atoms with Crippen molar-refractivity contribution in [2.75, 3.05) is 9.80 Å². The number of benzene rings is 13. The first-order valence-electron chi connectivity index (χ1n) is 26.8. The number of fused-ring (bicyclic) bond motifs is 13. The molecule has 79 heavy (non-hydrogen) atoms. The third-order valence-corrected chi connectivity index (χ3v) is 15.8. The van der Waals surface area contributed by atoms with Gasteiger partial charge in [0.05, 0.1) is 0 Å². The summed E-state index contributed by atoms with van der Waals surface area (Å²) in [5.41, 5.74) is 17.8. The van der Waals surface area contributed by atoms with E-state index >= 15 is 0 Å². The van der Waals surface area contributed by atoms with Crippen molar-refractivity contribution < 1.29 is 13.3 Å². The average Bonchev–Trinajstić information content (AvgIpc) is 4.39. The second-order valence-electron chi connectivity index (χ2n) is 20.4. The van der Waals surface area contributed by atoms with Crippen LogP contribution in [0, 0.1) is 0 Å². The predicted octanol–water partition coefficient (Wildman–Crippen LogP) is 21.6. The molecule has 0 atom stereocenters. The molecule has 0 bridgehead atoms. The second kappa shape index (κ2) is 18.0. The van der Waals surface area contributed by atoms with Crippen LogP contribution in [0.1, 0.15) is 0 Å². The Morgan fingerprint density at radius 3 is 1.56 bits per heavy atom. The van der Waals surface area contributed by atoms with E-state index in [0.29, 0.717) is 0 Å². The van der Waals surface area contributed by atoms with Crippen LogP contribution in [0.4, 0.5) is 34.1 Å². The van der Waals surface area contributed by atoms with E-state index in [-0.39, 0.29) is 0 Å². The molecule has 0 radical (unpaired) electrons. The highest BCUT2D eigenvalue weighted by molar-refractivity contribution is 6.23. The molecule has 13 aromatic carbocycles. The van der Waals surface area contributed by atoms with Crippen LogP contribution in [-0.4, -0.2) is 0 Å². The monoisotopic (exact) mass is 1010 g/mol. The Hall–Kier alpha value is -10.6. The summed E-state index contributed by atoms with van der Waals surface area (Å²) in [4.78, 5) is 4.67. The van der Waals surface area contributed by atoms with Crippen LogP contribution >= 0.6 is 0 Å². The first kappa shape index (κ1) is 44.7.